The zero-order valence-electron chi connectivity index (χ0n) is 14.7. The van der Waals surface area contributed by atoms with Crippen molar-refractivity contribution in [3.05, 3.63) is 48.2 Å². The van der Waals surface area contributed by atoms with E-state index in [1.54, 1.807) is 12.3 Å². The van der Waals surface area contributed by atoms with Gasteiger partial charge in [0.05, 0.1) is 12.6 Å². The highest BCUT2D eigenvalue weighted by Gasteiger charge is 2.20. The molecule has 0 spiro atoms. The van der Waals surface area contributed by atoms with Crippen LogP contribution in [0.15, 0.2) is 42.6 Å². The summed E-state index contributed by atoms with van der Waals surface area (Å²) in [6.45, 7) is 7.49. The van der Waals surface area contributed by atoms with Crippen LogP contribution < -0.4 is 0 Å². The highest BCUT2D eigenvalue weighted by atomic mass is 16.6. The van der Waals surface area contributed by atoms with Crippen LogP contribution >= 0.6 is 0 Å². The molecule has 0 aliphatic carbocycles. The SMILES string of the molecule is COC(=O)C=CC(C)c1cccc2c1ccn2C(=O)OC(C)(C)C. The van der Waals surface area contributed by atoms with Gasteiger partial charge in [0.2, 0.25) is 0 Å². The largest absolute Gasteiger partial charge is 0.466 e. The molecule has 0 fully saturated rings. The Kier molecular flexibility index (Phi) is 5.12. The monoisotopic (exact) mass is 329 g/mol. The molecule has 1 atom stereocenters. The standard InChI is InChI=1S/C19H23NO4/c1-13(9-10-17(21)23-5)14-7-6-8-16-15(14)11-12-20(16)18(22)24-19(2,3)4/h6-13H,1-5H3. The predicted molar refractivity (Wildman–Crippen MR) is 93.1 cm³/mol. The fourth-order valence-corrected chi connectivity index (χ4v) is 2.45. The second-order valence-electron chi connectivity index (χ2n) is 6.62. The van der Waals surface area contributed by atoms with Gasteiger partial charge in [-0.2, -0.15) is 0 Å². The number of aromatic nitrogens is 1. The molecule has 0 saturated heterocycles. The quantitative estimate of drug-likeness (QED) is 0.624. The average molecular weight is 329 g/mol. The summed E-state index contributed by atoms with van der Waals surface area (Å²) in [4.78, 5) is 23.6. The van der Waals surface area contributed by atoms with Crippen LogP contribution in [0.2, 0.25) is 0 Å². The Hall–Kier alpha value is -2.56. The fourth-order valence-electron chi connectivity index (χ4n) is 2.45. The summed E-state index contributed by atoms with van der Waals surface area (Å²) >= 11 is 0. The van der Waals surface area contributed by atoms with Crippen molar-refractivity contribution < 1.29 is 19.1 Å². The molecule has 0 amide bonds. The number of benzene rings is 1. The van der Waals surface area contributed by atoms with Gasteiger partial charge in [0.15, 0.2) is 0 Å². The number of carbonyl (C=O) groups excluding carboxylic acids is 2. The molecule has 5 nitrogen and oxygen atoms in total. The normalized spacial score (nSPS) is 13.2. The molecule has 0 aliphatic heterocycles. The van der Waals surface area contributed by atoms with Gasteiger partial charge in [0, 0.05) is 23.6 Å². The molecule has 24 heavy (non-hydrogen) atoms. The number of fused-ring (bicyclic) bond motifs is 1. The van der Waals surface area contributed by atoms with Crippen LogP contribution in [0.3, 0.4) is 0 Å². The molecule has 1 unspecified atom stereocenters. The Balaban J connectivity index is 2.37. The zero-order valence-corrected chi connectivity index (χ0v) is 14.7. The molecule has 1 heterocycles. The van der Waals surface area contributed by atoms with Crippen molar-refractivity contribution in [2.75, 3.05) is 7.11 Å². The molecule has 0 radical (unpaired) electrons. The number of esters is 1. The lowest BCUT2D eigenvalue weighted by atomic mass is 9.97. The maximum atomic E-state index is 12.3. The molecule has 0 aliphatic rings. The Morgan fingerprint density at radius 2 is 1.92 bits per heavy atom. The van der Waals surface area contributed by atoms with Crippen molar-refractivity contribution in [3.8, 4) is 0 Å². The van der Waals surface area contributed by atoms with Crippen LogP contribution in [0.1, 0.15) is 39.2 Å². The van der Waals surface area contributed by atoms with Crippen molar-refractivity contribution in [2.45, 2.75) is 39.2 Å². The van der Waals surface area contributed by atoms with E-state index >= 15 is 0 Å². The molecule has 128 valence electrons. The second-order valence-corrected chi connectivity index (χ2v) is 6.62. The lowest BCUT2D eigenvalue weighted by molar-refractivity contribution is -0.134. The topological polar surface area (TPSA) is 57.5 Å². The third kappa shape index (κ3) is 4.04. The van der Waals surface area contributed by atoms with E-state index in [9.17, 15) is 9.59 Å². The molecule has 1 aromatic heterocycles. The summed E-state index contributed by atoms with van der Waals surface area (Å²) in [6.07, 6.45) is 4.49. The van der Waals surface area contributed by atoms with Gasteiger partial charge in [0.1, 0.15) is 5.60 Å². The van der Waals surface area contributed by atoms with Crippen LogP contribution in [0.5, 0.6) is 0 Å². The molecule has 5 heteroatoms. The minimum absolute atomic E-state index is 0.00212. The van der Waals surface area contributed by atoms with Gasteiger partial charge in [-0.25, -0.2) is 9.59 Å². The summed E-state index contributed by atoms with van der Waals surface area (Å²) in [5.41, 5.74) is 1.25. The summed E-state index contributed by atoms with van der Waals surface area (Å²) in [5.74, 6) is -0.386. The first-order valence-electron chi connectivity index (χ1n) is 7.82. The fraction of sp³-hybridized carbons (Fsp3) is 0.368. The molecule has 0 bridgehead atoms. The van der Waals surface area contributed by atoms with Gasteiger partial charge in [0.25, 0.3) is 0 Å². The first kappa shape index (κ1) is 17.8. The highest BCUT2D eigenvalue weighted by molar-refractivity contribution is 5.92. The molecule has 2 aromatic rings. The number of hydrogen-bond acceptors (Lipinski definition) is 4. The van der Waals surface area contributed by atoms with Crippen LogP contribution in [-0.2, 0) is 14.3 Å². The van der Waals surface area contributed by atoms with Gasteiger partial charge in [-0.1, -0.05) is 25.1 Å². The number of methoxy groups -OCH3 is 1. The van der Waals surface area contributed by atoms with Crippen molar-refractivity contribution >= 4 is 23.0 Å². The summed E-state index contributed by atoms with van der Waals surface area (Å²) in [5, 5.41) is 0.949. The van der Waals surface area contributed by atoms with E-state index in [4.69, 9.17) is 4.74 Å². The van der Waals surface area contributed by atoms with E-state index in [2.05, 4.69) is 4.74 Å². The number of carbonyl (C=O) groups is 2. The van der Waals surface area contributed by atoms with E-state index in [0.29, 0.717) is 0 Å². The van der Waals surface area contributed by atoms with Crippen LogP contribution in [0.4, 0.5) is 4.79 Å². The van der Waals surface area contributed by atoms with Crippen LogP contribution in [0.25, 0.3) is 10.9 Å². The first-order valence-corrected chi connectivity index (χ1v) is 7.82. The first-order chi connectivity index (χ1) is 11.2. The van der Waals surface area contributed by atoms with E-state index in [-0.39, 0.29) is 11.9 Å². The van der Waals surface area contributed by atoms with E-state index < -0.39 is 11.7 Å². The van der Waals surface area contributed by atoms with Gasteiger partial charge >= 0.3 is 12.1 Å². The molecule has 1 aromatic carbocycles. The minimum Gasteiger partial charge on any atom is -0.466 e. The van der Waals surface area contributed by atoms with Crippen molar-refractivity contribution in [1.82, 2.24) is 4.57 Å². The Morgan fingerprint density at radius 3 is 2.54 bits per heavy atom. The van der Waals surface area contributed by atoms with Gasteiger partial charge in [-0.05, 0) is 38.5 Å². The van der Waals surface area contributed by atoms with Crippen LogP contribution in [-0.4, -0.2) is 29.3 Å². The summed E-state index contributed by atoms with van der Waals surface area (Å²) in [6, 6.07) is 7.63. The van der Waals surface area contributed by atoms with Gasteiger partial charge in [-0.15, -0.1) is 0 Å². The Bertz CT molecular complexity index is 780. The van der Waals surface area contributed by atoms with E-state index in [1.165, 1.54) is 17.8 Å². The van der Waals surface area contributed by atoms with E-state index in [1.807, 2.05) is 52.0 Å². The number of ether oxygens (including phenoxy) is 2. The second kappa shape index (κ2) is 6.91. The highest BCUT2D eigenvalue weighted by Crippen LogP contribution is 2.28. The maximum Gasteiger partial charge on any atom is 0.418 e. The predicted octanol–water partition coefficient (Wildman–Crippen LogP) is 4.26. The average Bonchev–Trinajstić information content (AvgIpc) is 2.94. The molecule has 2 rings (SSSR count). The molecule has 0 N–H and O–H groups in total. The number of nitrogens with zero attached hydrogens (tertiary/aromatic N) is 1. The summed E-state index contributed by atoms with van der Waals surface area (Å²) in [7, 11) is 1.35. The van der Waals surface area contributed by atoms with Gasteiger partial charge in [-0.3, -0.25) is 4.57 Å². The van der Waals surface area contributed by atoms with Crippen LogP contribution in [0, 0.1) is 0 Å². The number of allylic oxidation sites excluding steroid dienone is 1. The van der Waals surface area contributed by atoms with Crippen molar-refractivity contribution in [3.63, 3.8) is 0 Å². The Labute approximate surface area is 141 Å². The Morgan fingerprint density at radius 1 is 1.21 bits per heavy atom. The minimum atomic E-state index is -0.554. The molecular formula is C19H23NO4. The molecular weight excluding hydrogens is 306 g/mol. The molecule has 0 saturated carbocycles. The lowest BCUT2D eigenvalue weighted by Gasteiger charge is -2.20. The van der Waals surface area contributed by atoms with Crippen molar-refractivity contribution in [2.24, 2.45) is 0 Å². The number of hydrogen-bond donors (Lipinski definition) is 0. The lowest BCUT2D eigenvalue weighted by Crippen LogP contribution is -2.26. The third-order valence-electron chi connectivity index (χ3n) is 3.57. The van der Waals surface area contributed by atoms with E-state index in [0.717, 1.165) is 16.5 Å². The zero-order chi connectivity index (χ0) is 17.9. The number of rotatable bonds is 3. The third-order valence-corrected chi connectivity index (χ3v) is 3.57. The summed E-state index contributed by atoms with van der Waals surface area (Å²) < 4.78 is 11.5. The van der Waals surface area contributed by atoms with Gasteiger partial charge < -0.3 is 9.47 Å². The van der Waals surface area contributed by atoms with Crippen molar-refractivity contribution in [1.29, 1.82) is 0 Å². The smallest absolute Gasteiger partial charge is 0.418 e. The maximum absolute atomic E-state index is 12.3.